The number of nitrogens with one attached hydrogen (secondary N) is 1. The summed E-state index contributed by atoms with van der Waals surface area (Å²) in [4.78, 5) is 13.5. The fraction of sp³-hybridized carbons (Fsp3) is 0.924. The lowest BCUT2D eigenvalue weighted by Crippen LogP contribution is -2.66. The van der Waals surface area contributed by atoms with Gasteiger partial charge in [0, 0.05) is 6.42 Å². The van der Waals surface area contributed by atoms with E-state index >= 15 is 0 Å². The van der Waals surface area contributed by atoms with Gasteiger partial charge in [-0.05, 0) is 51.4 Å². The predicted octanol–water partition coefficient (Wildman–Crippen LogP) is 18.2. The highest BCUT2D eigenvalue weighted by atomic mass is 16.8. The lowest BCUT2D eigenvalue weighted by Gasteiger charge is -2.48. The van der Waals surface area contributed by atoms with E-state index in [-0.39, 0.29) is 18.9 Å². The van der Waals surface area contributed by atoms with Crippen LogP contribution in [-0.2, 0) is 33.2 Å². The monoisotopic (exact) mass is 1580 g/mol. The number of aliphatic hydroxyl groups excluding tert-OH is 11. The average Bonchev–Trinajstić information content (AvgIpc) is 0.780. The van der Waals surface area contributed by atoms with Crippen LogP contribution in [0.25, 0.3) is 0 Å². The molecule has 654 valence electrons. The number of unbranched alkanes of at least 4 members (excludes halogenated alkanes) is 57. The van der Waals surface area contributed by atoms with Crippen LogP contribution in [0.15, 0.2) is 36.5 Å². The first-order valence-electron chi connectivity index (χ1n) is 46.7. The van der Waals surface area contributed by atoms with Gasteiger partial charge in [0.05, 0.1) is 38.6 Å². The van der Waals surface area contributed by atoms with Crippen LogP contribution >= 0.6 is 0 Å². The third-order valence-corrected chi connectivity index (χ3v) is 23.4. The molecule has 0 aromatic rings. The number of ether oxygens (including phenoxy) is 6. The summed E-state index contributed by atoms with van der Waals surface area (Å²) in [6.45, 7) is 1.80. The second-order valence-electron chi connectivity index (χ2n) is 33.5. The van der Waals surface area contributed by atoms with Crippen molar-refractivity contribution in [3.63, 3.8) is 0 Å². The Balaban J connectivity index is 1.31. The van der Waals surface area contributed by atoms with Gasteiger partial charge < -0.3 is 89.9 Å². The highest BCUT2D eigenvalue weighted by molar-refractivity contribution is 5.76. The molecule has 0 aromatic carbocycles. The molecule has 3 fully saturated rings. The lowest BCUT2D eigenvalue weighted by atomic mass is 9.96. The van der Waals surface area contributed by atoms with Crippen molar-refractivity contribution in [2.24, 2.45) is 0 Å². The average molecular weight is 1580 g/mol. The zero-order chi connectivity index (χ0) is 80.3. The Hall–Kier alpha value is -1.99. The maximum atomic E-state index is 13.5. The molecule has 17 atom stereocenters. The van der Waals surface area contributed by atoms with Crippen molar-refractivity contribution >= 4 is 5.91 Å². The minimum atomic E-state index is -1.98. The minimum absolute atomic E-state index is 0.248. The fourth-order valence-corrected chi connectivity index (χ4v) is 16.0. The number of amides is 1. The zero-order valence-corrected chi connectivity index (χ0v) is 70.7. The smallest absolute Gasteiger partial charge is 0.220 e. The fourth-order valence-electron chi connectivity index (χ4n) is 16.0. The van der Waals surface area contributed by atoms with Crippen LogP contribution in [0.1, 0.15) is 412 Å². The molecule has 0 bridgehead atoms. The van der Waals surface area contributed by atoms with Gasteiger partial charge >= 0.3 is 0 Å². The van der Waals surface area contributed by atoms with E-state index < -0.39 is 124 Å². The van der Waals surface area contributed by atoms with Gasteiger partial charge in [0.15, 0.2) is 18.9 Å². The van der Waals surface area contributed by atoms with Gasteiger partial charge in [0.1, 0.15) is 73.2 Å². The van der Waals surface area contributed by atoms with Crippen LogP contribution in [0.5, 0.6) is 0 Å². The minimum Gasteiger partial charge on any atom is -0.394 e. The molecule has 19 heteroatoms. The Labute approximate surface area is 676 Å². The summed E-state index contributed by atoms with van der Waals surface area (Å²) in [6, 6.07) is -0.974. The van der Waals surface area contributed by atoms with Crippen LogP contribution in [0.4, 0.5) is 0 Å². The normalized spacial score (nSPS) is 25.1. The number of hydrogen-bond donors (Lipinski definition) is 12. The quantitative estimate of drug-likeness (QED) is 0.0199. The zero-order valence-electron chi connectivity index (χ0n) is 70.7. The summed E-state index contributed by atoms with van der Waals surface area (Å²) in [5, 5.41) is 121. The highest BCUT2D eigenvalue weighted by Gasteiger charge is 2.54. The number of carbonyl (C=O) groups is 1. The Bertz CT molecular complexity index is 2140. The van der Waals surface area contributed by atoms with E-state index in [4.69, 9.17) is 28.4 Å². The highest BCUT2D eigenvalue weighted by Crippen LogP contribution is 2.34. The summed E-state index contributed by atoms with van der Waals surface area (Å²) in [6.07, 6.45) is 65.9. The molecular formula is C92H173NO18. The molecule has 0 saturated carbocycles. The maximum Gasteiger partial charge on any atom is 0.220 e. The molecule has 19 nitrogen and oxygen atoms in total. The van der Waals surface area contributed by atoms with Gasteiger partial charge in [-0.25, -0.2) is 0 Å². The van der Waals surface area contributed by atoms with E-state index in [1.165, 1.54) is 334 Å². The van der Waals surface area contributed by atoms with Crippen LogP contribution < -0.4 is 5.32 Å². The van der Waals surface area contributed by atoms with E-state index in [2.05, 4.69) is 43.5 Å². The Morgan fingerprint density at radius 1 is 0.324 bits per heavy atom. The van der Waals surface area contributed by atoms with Gasteiger partial charge in [-0.15, -0.1) is 0 Å². The van der Waals surface area contributed by atoms with E-state index in [0.29, 0.717) is 6.42 Å². The van der Waals surface area contributed by atoms with E-state index in [9.17, 15) is 61.0 Å². The summed E-state index contributed by atoms with van der Waals surface area (Å²) in [5.41, 5.74) is 0. The van der Waals surface area contributed by atoms with Gasteiger partial charge in [-0.3, -0.25) is 4.79 Å². The van der Waals surface area contributed by atoms with Crippen molar-refractivity contribution in [1.82, 2.24) is 5.32 Å². The van der Waals surface area contributed by atoms with Crippen molar-refractivity contribution in [3.05, 3.63) is 36.5 Å². The molecule has 12 N–H and O–H groups in total. The first-order valence-corrected chi connectivity index (χ1v) is 46.7. The number of allylic oxidation sites excluding steroid dienone is 5. The summed E-state index contributed by atoms with van der Waals surface area (Å²) < 4.78 is 34.6. The SMILES string of the molecule is CCCCCCC/C=C\C/C=C\CCCCCCCCCCCCCCCCCCCCCCCCCC(=O)NC(COC1OC(CO)C(OC2OC(CO)C(OC3OC(CO)C(O)C(O)C3O)C(O)C2O)C(O)C1O)C(O)/C=C/CCCCCCCCCCCCCCCCCCCCCCCCCCCCCCC. The standard InChI is InChI=1S/C92H173NO18/c1-3-5-7-9-11-13-15-17-19-21-23-25-27-29-31-33-35-36-37-38-40-42-44-46-48-50-52-54-56-58-60-62-64-66-68-70-80(98)93-75(76(97)69-67-65-63-61-59-57-55-53-51-49-47-45-43-41-39-34-32-30-28-26-24-22-20-18-16-14-12-10-8-6-4-2)74-106-90-86(104)83(101)88(78(72-95)108-90)111-92-87(105)84(102)89(79(73-96)109-92)110-91-85(103)82(100)81(99)77(71-94)107-91/h15,17,21,23,67,69,75-79,81-92,94-97,99-105H,3-14,16,18-20,22,24-66,68,70-74H2,1-2H3,(H,93,98)/b17-15-,23-21-,69-67+. The second-order valence-corrected chi connectivity index (χ2v) is 33.5. The van der Waals surface area contributed by atoms with E-state index in [1.54, 1.807) is 6.08 Å². The largest absolute Gasteiger partial charge is 0.394 e. The molecular weight excluding hydrogens is 1410 g/mol. The van der Waals surface area contributed by atoms with Crippen molar-refractivity contribution < 1.29 is 89.4 Å². The summed E-state index contributed by atoms with van der Waals surface area (Å²) in [5.74, 6) is -0.266. The van der Waals surface area contributed by atoms with Gasteiger partial charge in [-0.1, -0.05) is 391 Å². The van der Waals surface area contributed by atoms with Gasteiger partial charge in [0.2, 0.25) is 5.91 Å². The molecule has 3 heterocycles. The molecule has 0 radical (unpaired) electrons. The van der Waals surface area contributed by atoms with Crippen LogP contribution in [0.2, 0.25) is 0 Å². The predicted molar refractivity (Wildman–Crippen MR) is 448 cm³/mol. The third-order valence-electron chi connectivity index (χ3n) is 23.4. The van der Waals surface area contributed by atoms with Crippen molar-refractivity contribution in [2.75, 3.05) is 26.4 Å². The molecule has 1 amide bonds. The first kappa shape index (κ1) is 103. The Morgan fingerprint density at radius 3 is 0.919 bits per heavy atom. The van der Waals surface area contributed by atoms with Crippen LogP contribution in [-0.4, -0.2) is 193 Å². The number of hydrogen-bond acceptors (Lipinski definition) is 18. The third kappa shape index (κ3) is 50.5. The molecule has 3 aliphatic heterocycles. The topological polar surface area (TPSA) is 307 Å². The molecule has 3 rings (SSSR count). The van der Waals surface area contributed by atoms with E-state index in [1.807, 2.05) is 6.08 Å². The van der Waals surface area contributed by atoms with E-state index in [0.717, 1.165) is 51.4 Å². The number of aliphatic hydroxyl groups is 11. The van der Waals surface area contributed by atoms with Crippen LogP contribution in [0.3, 0.4) is 0 Å². The molecule has 111 heavy (non-hydrogen) atoms. The summed E-state index contributed by atoms with van der Waals surface area (Å²) >= 11 is 0. The number of carbonyl (C=O) groups excluding carboxylic acids is 1. The number of rotatable bonds is 77. The summed E-state index contributed by atoms with van der Waals surface area (Å²) in [7, 11) is 0. The van der Waals surface area contributed by atoms with Crippen LogP contribution in [0, 0.1) is 0 Å². The molecule has 3 aliphatic rings. The lowest BCUT2D eigenvalue weighted by molar-refractivity contribution is -0.379. The Morgan fingerprint density at radius 2 is 0.595 bits per heavy atom. The van der Waals surface area contributed by atoms with Crippen molar-refractivity contribution in [3.8, 4) is 0 Å². The molecule has 0 spiro atoms. The molecule has 0 aliphatic carbocycles. The first-order chi connectivity index (χ1) is 54.3. The second kappa shape index (κ2) is 72.1. The van der Waals surface area contributed by atoms with Crippen molar-refractivity contribution in [2.45, 2.75) is 516 Å². The molecule has 17 unspecified atom stereocenters. The van der Waals surface area contributed by atoms with Crippen molar-refractivity contribution in [1.29, 1.82) is 0 Å². The maximum absolute atomic E-state index is 13.5. The molecule has 3 saturated heterocycles. The van der Waals surface area contributed by atoms with Gasteiger partial charge in [-0.2, -0.15) is 0 Å². The van der Waals surface area contributed by atoms with Gasteiger partial charge in [0.25, 0.3) is 0 Å². The molecule has 0 aromatic heterocycles. The Kier molecular flexibility index (Phi) is 67.0.